The molecule has 0 saturated heterocycles. The Hall–Kier alpha value is -2.60. The highest BCUT2D eigenvalue weighted by Gasteiger charge is 2.22. The smallest absolute Gasteiger partial charge is 0.202 e. The van der Waals surface area contributed by atoms with E-state index >= 15 is 0 Å². The van der Waals surface area contributed by atoms with Crippen molar-refractivity contribution < 1.29 is 19.0 Å². The Kier molecular flexibility index (Phi) is 4.66. The zero-order chi connectivity index (χ0) is 17.1. The predicted octanol–water partition coefficient (Wildman–Crippen LogP) is 4.76. The molecule has 0 atom stereocenters. The number of furan rings is 1. The van der Waals surface area contributed by atoms with Crippen LogP contribution in [-0.4, -0.2) is 18.3 Å². The van der Waals surface area contributed by atoms with Crippen LogP contribution in [-0.2, 0) is 0 Å². The van der Waals surface area contributed by atoms with Crippen molar-refractivity contribution in [1.29, 1.82) is 0 Å². The summed E-state index contributed by atoms with van der Waals surface area (Å²) in [5, 5.41) is 12.5. The Morgan fingerprint density at radius 3 is 2.33 bits per heavy atom. The Balaban J connectivity index is 2.11. The molecule has 0 radical (unpaired) electrons. The van der Waals surface area contributed by atoms with Crippen LogP contribution in [0.1, 0.15) is 13.8 Å². The topological polar surface area (TPSA) is 77.9 Å². The maximum absolute atomic E-state index is 10.6. The maximum atomic E-state index is 10.6. The van der Waals surface area contributed by atoms with E-state index in [-0.39, 0.29) is 11.6 Å². The van der Waals surface area contributed by atoms with Crippen LogP contribution >= 0.6 is 11.3 Å². The average Bonchev–Trinajstić information content (AvgIpc) is 3.16. The Bertz CT molecular complexity index is 800. The fourth-order valence-corrected chi connectivity index (χ4v) is 3.22. The van der Waals surface area contributed by atoms with E-state index in [1.54, 1.807) is 0 Å². The van der Waals surface area contributed by atoms with Gasteiger partial charge in [-0.05, 0) is 43.0 Å². The summed E-state index contributed by atoms with van der Waals surface area (Å²) in [6.07, 6.45) is 0. The zero-order valence-electron chi connectivity index (χ0n) is 13.5. The van der Waals surface area contributed by atoms with Crippen LogP contribution in [0.2, 0.25) is 0 Å². The predicted molar refractivity (Wildman–Crippen MR) is 95.9 cm³/mol. The number of hydrogen-bond donors (Lipinski definition) is 2. The molecule has 2 aromatic heterocycles. The van der Waals surface area contributed by atoms with Crippen molar-refractivity contribution in [2.45, 2.75) is 13.8 Å². The molecule has 1 aromatic carbocycles. The van der Waals surface area contributed by atoms with Gasteiger partial charge in [-0.1, -0.05) is 6.07 Å². The summed E-state index contributed by atoms with van der Waals surface area (Å²) < 4.78 is 16.8. The van der Waals surface area contributed by atoms with Crippen molar-refractivity contribution in [3.05, 3.63) is 35.7 Å². The molecule has 0 aliphatic rings. The number of aromatic hydroxyl groups is 1. The van der Waals surface area contributed by atoms with Crippen molar-refractivity contribution in [3.8, 4) is 39.0 Å². The molecule has 0 unspecified atom stereocenters. The van der Waals surface area contributed by atoms with Crippen molar-refractivity contribution in [2.24, 2.45) is 0 Å². The van der Waals surface area contributed by atoms with Gasteiger partial charge in [-0.3, -0.25) is 0 Å². The van der Waals surface area contributed by atoms with Gasteiger partial charge < -0.3 is 24.7 Å². The summed E-state index contributed by atoms with van der Waals surface area (Å²) in [7, 11) is 0. The summed E-state index contributed by atoms with van der Waals surface area (Å²) in [5.41, 5.74) is 7.16. The van der Waals surface area contributed by atoms with Crippen LogP contribution < -0.4 is 15.2 Å². The number of thiophene rings is 1. The fraction of sp³-hybridized carbons (Fsp3) is 0.222. The van der Waals surface area contributed by atoms with Crippen molar-refractivity contribution in [2.75, 3.05) is 18.9 Å². The van der Waals surface area contributed by atoms with Gasteiger partial charge in [-0.15, -0.1) is 11.3 Å². The van der Waals surface area contributed by atoms with Crippen molar-refractivity contribution in [3.63, 3.8) is 0 Å². The van der Waals surface area contributed by atoms with E-state index in [1.807, 2.05) is 49.6 Å². The Morgan fingerprint density at radius 2 is 1.79 bits per heavy atom. The monoisotopic (exact) mass is 345 g/mol. The minimum Gasteiger partial charge on any atom is -0.504 e. The van der Waals surface area contributed by atoms with Crippen LogP contribution in [0.25, 0.3) is 21.8 Å². The molecular weight excluding hydrogens is 326 g/mol. The van der Waals surface area contributed by atoms with Crippen LogP contribution in [0.4, 0.5) is 5.88 Å². The van der Waals surface area contributed by atoms with Gasteiger partial charge in [0.15, 0.2) is 11.5 Å². The number of anilines is 1. The number of hydrogen-bond acceptors (Lipinski definition) is 6. The lowest BCUT2D eigenvalue weighted by atomic mass is 10.1. The largest absolute Gasteiger partial charge is 0.504 e. The van der Waals surface area contributed by atoms with Gasteiger partial charge in [0.05, 0.1) is 23.7 Å². The van der Waals surface area contributed by atoms with E-state index in [0.29, 0.717) is 41.6 Å². The normalized spacial score (nSPS) is 10.8. The van der Waals surface area contributed by atoms with E-state index < -0.39 is 0 Å². The standard InChI is InChI=1S/C18H19NO4S/c1-3-21-12-8-11(9-13(10-12)22-4-2)15-16(20)17(23-18(15)19)14-6-5-7-24-14/h5-10,20H,3-4,19H2,1-2H3. The minimum atomic E-state index is 0.0195. The summed E-state index contributed by atoms with van der Waals surface area (Å²) in [6.45, 7) is 4.88. The third kappa shape index (κ3) is 3.05. The third-order valence-electron chi connectivity index (χ3n) is 3.45. The van der Waals surface area contributed by atoms with E-state index in [0.717, 1.165) is 4.88 Å². The molecule has 126 valence electrons. The first-order valence-electron chi connectivity index (χ1n) is 7.70. The van der Waals surface area contributed by atoms with Crippen LogP contribution in [0.15, 0.2) is 40.1 Å². The quantitative estimate of drug-likeness (QED) is 0.673. The summed E-state index contributed by atoms with van der Waals surface area (Å²) >= 11 is 1.47. The molecule has 5 nitrogen and oxygen atoms in total. The van der Waals surface area contributed by atoms with Gasteiger partial charge in [0.1, 0.15) is 11.5 Å². The van der Waals surface area contributed by atoms with Gasteiger partial charge in [0.2, 0.25) is 5.88 Å². The average molecular weight is 345 g/mol. The first kappa shape index (κ1) is 16.3. The van der Waals surface area contributed by atoms with E-state index in [2.05, 4.69) is 0 Å². The highest BCUT2D eigenvalue weighted by molar-refractivity contribution is 7.13. The molecule has 0 saturated carbocycles. The third-order valence-corrected chi connectivity index (χ3v) is 4.31. The number of benzene rings is 1. The highest BCUT2D eigenvalue weighted by atomic mass is 32.1. The minimum absolute atomic E-state index is 0.0195. The maximum Gasteiger partial charge on any atom is 0.202 e. The second kappa shape index (κ2) is 6.88. The lowest BCUT2D eigenvalue weighted by Gasteiger charge is -2.10. The first-order valence-corrected chi connectivity index (χ1v) is 8.58. The molecule has 3 aromatic rings. The SMILES string of the molecule is CCOc1cc(OCC)cc(-c2c(N)oc(-c3cccs3)c2O)c1. The second-order valence-corrected chi connectivity index (χ2v) is 6.00. The van der Waals surface area contributed by atoms with E-state index in [4.69, 9.17) is 19.6 Å². The lowest BCUT2D eigenvalue weighted by Crippen LogP contribution is -1.96. The second-order valence-electron chi connectivity index (χ2n) is 5.06. The first-order chi connectivity index (χ1) is 11.6. The Morgan fingerprint density at radius 1 is 1.12 bits per heavy atom. The number of ether oxygens (including phenoxy) is 2. The van der Waals surface area contributed by atoms with E-state index in [1.165, 1.54) is 11.3 Å². The molecule has 0 bridgehead atoms. The van der Waals surface area contributed by atoms with Crippen LogP contribution in [0, 0.1) is 0 Å². The molecule has 24 heavy (non-hydrogen) atoms. The summed E-state index contributed by atoms with van der Waals surface area (Å²) in [6, 6.07) is 9.19. The molecular formula is C18H19NO4S. The number of nitrogen functional groups attached to an aromatic ring is 1. The molecule has 3 N–H and O–H groups in total. The van der Waals surface area contributed by atoms with E-state index in [9.17, 15) is 5.11 Å². The molecule has 3 rings (SSSR count). The van der Waals surface area contributed by atoms with Gasteiger partial charge in [0.25, 0.3) is 0 Å². The van der Waals surface area contributed by atoms with Gasteiger partial charge in [-0.25, -0.2) is 0 Å². The van der Waals surface area contributed by atoms with Gasteiger partial charge in [-0.2, -0.15) is 0 Å². The Labute approximate surface area is 144 Å². The lowest BCUT2D eigenvalue weighted by molar-refractivity contribution is 0.323. The molecule has 0 aliphatic heterocycles. The molecule has 0 amide bonds. The molecule has 2 heterocycles. The van der Waals surface area contributed by atoms with Crippen molar-refractivity contribution in [1.82, 2.24) is 0 Å². The van der Waals surface area contributed by atoms with Crippen LogP contribution in [0.5, 0.6) is 17.2 Å². The molecule has 0 spiro atoms. The van der Waals surface area contributed by atoms with Gasteiger partial charge >= 0.3 is 0 Å². The molecule has 0 fully saturated rings. The molecule has 0 aliphatic carbocycles. The summed E-state index contributed by atoms with van der Waals surface area (Å²) in [5.74, 6) is 1.85. The van der Waals surface area contributed by atoms with Crippen molar-refractivity contribution >= 4 is 17.2 Å². The number of nitrogens with two attached hydrogens (primary N) is 1. The summed E-state index contributed by atoms with van der Waals surface area (Å²) in [4.78, 5) is 0.816. The van der Waals surface area contributed by atoms with Gasteiger partial charge in [0, 0.05) is 6.07 Å². The van der Waals surface area contributed by atoms with Crippen LogP contribution in [0.3, 0.4) is 0 Å². The highest BCUT2D eigenvalue weighted by Crippen LogP contribution is 2.47. The zero-order valence-corrected chi connectivity index (χ0v) is 14.4. The fourth-order valence-electron chi connectivity index (χ4n) is 2.51. The number of rotatable bonds is 6. The molecule has 6 heteroatoms.